The minimum atomic E-state index is -2.76. The summed E-state index contributed by atoms with van der Waals surface area (Å²) in [5.41, 5.74) is 2.31. The molecule has 1 aromatic carbocycles. The van der Waals surface area contributed by atoms with E-state index in [-0.39, 0.29) is 5.16 Å². The Hall–Kier alpha value is -2.07. The van der Waals surface area contributed by atoms with Crippen LogP contribution in [0.2, 0.25) is 0 Å². The first kappa shape index (κ1) is 16.8. The van der Waals surface area contributed by atoms with Crippen LogP contribution in [0, 0.1) is 0 Å². The van der Waals surface area contributed by atoms with E-state index in [1.165, 1.54) is 18.0 Å². The van der Waals surface area contributed by atoms with E-state index >= 15 is 0 Å². The molecule has 0 atom stereocenters. The van der Waals surface area contributed by atoms with Gasteiger partial charge in [0.15, 0.2) is 0 Å². The zero-order valence-electron chi connectivity index (χ0n) is 12.3. The topological polar surface area (TPSA) is 71.8 Å². The van der Waals surface area contributed by atoms with E-state index < -0.39 is 12.2 Å². The average molecular weight is 413 g/mol. The summed E-state index contributed by atoms with van der Waals surface area (Å²) in [7, 11) is 0. The van der Waals surface area contributed by atoms with Gasteiger partial charge in [-0.2, -0.15) is 14.9 Å². The predicted octanol–water partition coefficient (Wildman–Crippen LogP) is 3.97. The van der Waals surface area contributed by atoms with E-state index in [0.29, 0.717) is 5.56 Å². The zero-order chi connectivity index (χ0) is 17.1. The molecule has 0 amide bonds. The normalized spacial score (nSPS) is 11.7. The second-order valence-corrected chi connectivity index (χ2v) is 6.30. The number of thioether (sulfide) groups is 1. The molecule has 1 N–H and O–H groups in total. The fourth-order valence-electron chi connectivity index (χ4n) is 2.01. The Bertz CT molecular complexity index is 859. The van der Waals surface area contributed by atoms with Crippen molar-refractivity contribution in [3.05, 3.63) is 46.3 Å². The largest absolute Gasteiger partial charge is 0.299 e. The van der Waals surface area contributed by atoms with Crippen molar-refractivity contribution < 1.29 is 8.78 Å². The van der Waals surface area contributed by atoms with Crippen LogP contribution in [0.25, 0.3) is 11.3 Å². The summed E-state index contributed by atoms with van der Waals surface area (Å²) in [4.78, 5) is 0. The highest BCUT2D eigenvalue weighted by atomic mass is 79.9. The van der Waals surface area contributed by atoms with Crippen LogP contribution >= 0.6 is 27.7 Å². The number of aromatic amines is 1. The van der Waals surface area contributed by atoms with Crippen LogP contribution in [-0.2, 0) is 0 Å². The standard InChI is InChI=1S/C14H11BrF2N6S/c1-24-14-22-21-13(12(16)17)23(14)19-7-9-6-18-20-11(9)8-2-4-10(15)5-3-8/h2-7,12H,1H3,(H,18,20)/b19-7-. The third kappa shape index (κ3) is 3.39. The Kier molecular flexibility index (Phi) is 5.05. The summed E-state index contributed by atoms with van der Waals surface area (Å²) in [5, 5.41) is 18.5. The van der Waals surface area contributed by atoms with Gasteiger partial charge < -0.3 is 0 Å². The maximum absolute atomic E-state index is 13.0. The lowest BCUT2D eigenvalue weighted by molar-refractivity contribution is 0.135. The fourth-order valence-corrected chi connectivity index (χ4v) is 2.71. The van der Waals surface area contributed by atoms with Crippen molar-refractivity contribution in [2.45, 2.75) is 11.6 Å². The summed E-state index contributed by atoms with van der Waals surface area (Å²) in [5.74, 6) is -0.496. The van der Waals surface area contributed by atoms with Crippen molar-refractivity contribution >= 4 is 33.9 Å². The first-order valence-corrected chi connectivity index (χ1v) is 8.73. The molecule has 0 radical (unpaired) electrons. The SMILES string of the molecule is CSc1nnc(C(F)F)n1/N=C\c1cn[nH]c1-c1ccc(Br)cc1. The summed E-state index contributed by atoms with van der Waals surface area (Å²) in [6, 6.07) is 7.62. The van der Waals surface area contributed by atoms with Crippen LogP contribution in [0.5, 0.6) is 0 Å². The van der Waals surface area contributed by atoms with Gasteiger partial charge in [-0.25, -0.2) is 8.78 Å². The van der Waals surface area contributed by atoms with Gasteiger partial charge in [-0.1, -0.05) is 39.8 Å². The molecule has 6 nitrogen and oxygen atoms in total. The molecule has 3 aromatic rings. The molecule has 0 fully saturated rings. The van der Waals surface area contributed by atoms with Crippen molar-refractivity contribution in [2.24, 2.45) is 5.10 Å². The van der Waals surface area contributed by atoms with E-state index in [1.54, 1.807) is 12.5 Å². The van der Waals surface area contributed by atoms with Crippen LogP contribution in [0.3, 0.4) is 0 Å². The molecule has 3 rings (SSSR count). The molecule has 0 spiro atoms. The van der Waals surface area contributed by atoms with Crippen LogP contribution < -0.4 is 0 Å². The van der Waals surface area contributed by atoms with Crippen LogP contribution in [0.4, 0.5) is 8.78 Å². The maximum Gasteiger partial charge on any atom is 0.299 e. The minimum Gasteiger partial charge on any atom is -0.277 e. The minimum absolute atomic E-state index is 0.287. The first-order chi connectivity index (χ1) is 11.6. The Labute approximate surface area is 148 Å². The molecule has 24 heavy (non-hydrogen) atoms. The fraction of sp³-hybridized carbons (Fsp3) is 0.143. The van der Waals surface area contributed by atoms with Crippen molar-refractivity contribution in [3.63, 3.8) is 0 Å². The average Bonchev–Trinajstić information content (AvgIpc) is 3.19. The first-order valence-electron chi connectivity index (χ1n) is 6.71. The number of hydrogen-bond acceptors (Lipinski definition) is 5. The second kappa shape index (κ2) is 7.22. The highest BCUT2D eigenvalue weighted by Gasteiger charge is 2.19. The van der Waals surface area contributed by atoms with Gasteiger partial charge in [-0.05, 0) is 18.4 Å². The molecule has 0 unspecified atom stereocenters. The zero-order valence-corrected chi connectivity index (χ0v) is 14.7. The summed E-state index contributed by atoms with van der Waals surface area (Å²) < 4.78 is 28.0. The van der Waals surface area contributed by atoms with E-state index in [2.05, 4.69) is 41.4 Å². The Morgan fingerprint density at radius 1 is 1.29 bits per heavy atom. The van der Waals surface area contributed by atoms with Gasteiger partial charge in [0.1, 0.15) is 0 Å². The maximum atomic E-state index is 13.0. The molecular weight excluding hydrogens is 402 g/mol. The van der Waals surface area contributed by atoms with E-state index in [4.69, 9.17) is 0 Å². The van der Waals surface area contributed by atoms with Gasteiger partial charge in [0.2, 0.25) is 11.0 Å². The van der Waals surface area contributed by atoms with Crippen molar-refractivity contribution in [1.29, 1.82) is 0 Å². The third-order valence-corrected chi connectivity index (χ3v) is 4.28. The molecule has 2 heterocycles. The number of hydrogen-bond donors (Lipinski definition) is 1. The number of nitrogens with zero attached hydrogens (tertiary/aromatic N) is 5. The summed E-state index contributed by atoms with van der Waals surface area (Å²) in [6.45, 7) is 0. The Morgan fingerprint density at radius 2 is 2.04 bits per heavy atom. The van der Waals surface area contributed by atoms with Crippen LogP contribution in [0.15, 0.2) is 45.2 Å². The van der Waals surface area contributed by atoms with Crippen molar-refractivity contribution in [2.75, 3.05) is 6.26 Å². The van der Waals surface area contributed by atoms with Crippen LogP contribution in [0.1, 0.15) is 17.8 Å². The third-order valence-electron chi connectivity index (χ3n) is 3.13. The van der Waals surface area contributed by atoms with Gasteiger partial charge >= 0.3 is 0 Å². The molecule has 0 bridgehead atoms. The lowest BCUT2D eigenvalue weighted by Gasteiger charge is -2.02. The molecular formula is C14H11BrF2N6S. The van der Waals surface area contributed by atoms with Gasteiger partial charge in [-0.3, -0.25) is 5.10 Å². The number of H-pyrrole nitrogens is 1. The number of benzene rings is 1. The Balaban J connectivity index is 1.96. The van der Waals surface area contributed by atoms with Crippen molar-refractivity contribution in [3.8, 4) is 11.3 Å². The predicted molar refractivity (Wildman–Crippen MR) is 91.5 cm³/mol. The molecule has 0 saturated heterocycles. The highest BCUT2D eigenvalue weighted by Crippen LogP contribution is 2.24. The molecule has 0 aliphatic rings. The number of nitrogens with one attached hydrogen (secondary N) is 1. The van der Waals surface area contributed by atoms with Gasteiger partial charge in [0, 0.05) is 15.6 Å². The lowest BCUT2D eigenvalue weighted by Crippen LogP contribution is -2.00. The number of halogens is 3. The molecule has 124 valence electrons. The number of rotatable bonds is 5. The monoisotopic (exact) mass is 412 g/mol. The molecule has 10 heteroatoms. The quantitative estimate of drug-likeness (QED) is 0.508. The smallest absolute Gasteiger partial charge is 0.277 e. The van der Waals surface area contributed by atoms with E-state index in [9.17, 15) is 8.78 Å². The van der Waals surface area contributed by atoms with Crippen LogP contribution in [-0.4, -0.2) is 37.5 Å². The second-order valence-electron chi connectivity index (χ2n) is 4.61. The summed E-state index contributed by atoms with van der Waals surface area (Å²) >= 11 is 4.57. The van der Waals surface area contributed by atoms with Gasteiger partial charge in [0.05, 0.1) is 18.1 Å². The van der Waals surface area contributed by atoms with E-state index in [0.717, 1.165) is 20.4 Å². The van der Waals surface area contributed by atoms with Gasteiger partial charge in [-0.15, -0.1) is 10.2 Å². The van der Waals surface area contributed by atoms with Crippen molar-refractivity contribution in [1.82, 2.24) is 25.1 Å². The molecule has 2 aromatic heterocycles. The molecule has 0 aliphatic heterocycles. The number of alkyl halides is 2. The Morgan fingerprint density at radius 3 is 2.71 bits per heavy atom. The molecule has 0 saturated carbocycles. The molecule has 0 aliphatic carbocycles. The number of aromatic nitrogens is 5. The van der Waals surface area contributed by atoms with E-state index in [1.807, 2.05) is 24.3 Å². The highest BCUT2D eigenvalue weighted by molar-refractivity contribution is 9.10. The van der Waals surface area contributed by atoms with Gasteiger partial charge in [0.25, 0.3) is 6.43 Å². The lowest BCUT2D eigenvalue weighted by atomic mass is 10.1. The summed E-state index contributed by atoms with van der Waals surface area (Å²) in [6.07, 6.45) is 1.99.